The van der Waals surface area contributed by atoms with Gasteiger partial charge in [0.05, 0.1) is 5.56 Å². The third kappa shape index (κ3) is 4.83. The van der Waals surface area contributed by atoms with Crippen molar-refractivity contribution in [3.05, 3.63) is 53.3 Å². The molecule has 6 nitrogen and oxygen atoms in total. The number of aromatic nitrogens is 2. The highest BCUT2D eigenvalue weighted by Crippen LogP contribution is 2.27. The summed E-state index contributed by atoms with van der Waals surface area (Å²) in [7, 11) is 0. The lowest BCUT2D eigenvalue weighted by Crippen LogP contribution is -2.29. The average molecular weight is 341 g/mol. The van der Waals surface area contributed by atoms with Crippen LogP contribution < -0.4 is 5.32 Å². The Labute approximate surface area is 134 Å². The number of carbonyl (C=O) groups is 2. The monoisotopic (exact) mass is 341 g/mol. The number of rotatable bonds is 6. The normalized spacial score (nSPS) is 11.3. The number of aromatic carboxylic acids is 1. The molecule has 0 aliphatic carbocycles. The largest absolute Gasteiger partial charge is 0.478 e. The van der Waals surface area contributed by atoms with Crippen LogP contribution in [0.4, 0.5) is 13.2 Å². The molecular formula is C15H14F3N3O3. The van der Waals surface area contributed by atoms with Gasteiger partial charge in [0.1, 0.15) is 6.54 Å². The fourth-order valence-electron chi connectivity index (χ4n) is 1.96. The number of nitrogens with zero attached hydrogens (tertiary/aromatic N) is 2. The van der Waals surface area contributed by atoms with Crippen LogP contribution in [0.2, 0.25) is 0 Å². The highest BCUT2D eigenvalue weighted by Gasteiger charge is 2.33. The van der Waals surface area contributed by atoms with E-state index in [0.29, 0.717) is 6.42 Å². The van der Waals surface area contributed by atoms with E-state index in [1.165, 1.54) is 12.1 Å². The zero-order valence-corrected chi connectivity index (χ0v) is 12.4. The van der Waals surface area contributed by atoms with Gasteiger partial charge in [-0.25, -0.2) is 4.79 Å². The minimum absolute atomic E-state index is 0.168. The molecule has 1 amide bonds. The summed E-state index contributed by atoms with van der Waals surface area (Å²) in [6, 6.07) is 7.00. The molecule has 0 atom stereocenters. The molecule has 2 N–H and O–H groups in total. The van der Waals surface area contributed by atoms with Crippen molar-refractivity contribution < 1.29 is 27.9 Å². The molecule has 1 aromatic heterocycles. The number of hydrogen-bond acceptors (Lipinski definition) is 3. The highest BCUT2D eigenvalue weighted by atomic mass is 19.4. The second-order valence-electron chi connectivity index (χ2n) is 5.00. The van der Waals surface area contributed by atoms with Gasteiger partial charge in [0.15, 0.2) is 5.69 Å². The summed E-state index contributed by atoms with van der Waals surface area (Å²) in [5.74, 6) is -1.48. The van der Waals surface area contributed by atoms with E-state index in [-0.39, 0.29) is 18.7 Å². The second kappa shape index (κ2) is 7.16. The smallest absolute Gasteiger partial charge is 0.435 e. The Kier molecular flexibility index (Phi) is 5.22. The first-order chi connectivity index (χ1) is 11.3. The van der Waals surface area contributed by atoms with Crippen LogP contribution in [-0.2, 0) is 23.9 Å². The first-order valence-electron chi connectivity index (χ1n) is 6.95. The Balaban J connectivity index is 1.79. The maximum atomic E-state index is 12.4. The number of alkyl halides is 3. The number of benzene rings is 1. The van der Waals surface area contributed by atoms with Crippen LogP contribution in [-0.4, -0.2) is 33.3 Å². The first kappa shape index (κ1) is 17.5. The molecule has 9 heteroatoms. The number of carboxylic acid groups (broad SMARTS) is 1. The summed E-state index contributed by atoms with van der Waals surface area (Å²) >= 11 is 0. The lowest BCUT2D eigenvalue weighted by Gasteiger charge is -2.06. The van der Waals surface area contributed by atoms with Crippen LogP contribution in [0.25, 0.3) is 0 Å². The van der Waals surface area contributed by atoms with E-state index in [1.54, 1.807) is 12.1 Å². The van der Waals surface area contributed by atoms with Gasteiger partial charge in [-0.2, -0.15) is 18.3 Å². The van der Waals surface area contributed by atoms with Crippen LogP contribution in [0.15, 0.2) is 36.5 Å². The van der Waals surface area contributed by atoms with E-state index < -0.39 is 23.7 Å². The molecule has 0 aliphatic heterocycles. The van der Waals surface area contributed by atoms with Crippen molar-refractivity contribution >= 4 is 11.9 Å². The van der Waals surface area contributed by atoms with Gasteiger partial charge in [0.2, 0.25) is 5.91 Å². The number of hydrogen-bond donors (Lipinski definition) is 2. The Morgan fingerprint density at radius 3 is 2.38 bits per heavy atom. The summed E-state index contributed by atoms with van der Waals surface area (Å²) in [5.41, 5.74) is -0.0468. The second-order valence-corrected chi connectivity index (χ2v) is 5.00. The van der Waals surface area contributed by atoms with E-state index in [0.717, 1.165) is 22.5 Å². The van der Waals surface area contributed by atoms with Crippen molar-refractivity contribution in [3.63, 3.8) is 0 Å². The lowest BCUT2D eigenvalue weighted by molar-refractivity contribution is -0.141. The van der Waals surface area contributed by atoms with Gasteiger partial charge in [-0.15, -0.1) is 0 Å². The summed E-state index contributed by atoms with van der Waals surface area (Å²) < 4.78 is 38.1. The highest BCUT2D eigenvalue weighted by molar-refractivity contribution is 5.87. The fourth-order valence-corrected chi connectivity index (χ4v) is 1.96. The summed E-state index contributed by atoms with van der Waals surface area (Å²) in [5, 5.41) is 14.6. The van der Waals surface area contributed by atoms with Gasteiger partial charge < -0.3 is 10.4 Å². The van der Waals surface area contributed by atoms with Crippen molar-refractivity contribution in [1.82, 2.24) is 15.1 Å². The van der Waals surface area contributed by atoms with Crippen molar-refractivity contribution in [3.8, 4) is 0 Å². The van der Waals surface area contributed by atoms with Gasteiger partial charge in [0, 0.05) is 12.7 Å². The third-order valence-corrected chi connectivity index (χ3v) is 3.17. The molecule has 0 unspecified atom stereocenters. The number of carbonyl (C=O) groups excluding carboxylic acids is 1. The molecule has 24 heavy (non-hydrogen) atoms. The molecule has 0 spiro atoms. The van der Waals surface area contributed by atoms with Crippen molar-refractivity contribution in [2.45, 2.75) is 19.1 Å². The molecule has 0 saturated heterocycles. The Hall–Kier alpha value is -2.84. The minimum atomic E-state index is -4.54. The molecule has 0 fully saturated rings. The zero-order chi connectivity index (χ0) is 17.7. The number of halogens is 3. The standard InChI is InChI=1S/C15H14F3N3O3/c16-15(17,18)12-6-8-21(20-12)9-13(22)19-7-5-10-1-3-11(4-2-10)14(23)24/h1-4,6,8H,5,7,9H2,(H,19,22)(H,23,24). The van der Waals surface area contributed by atoms with Gasteiger partial charge in [-0.05, 0) is 30.2 Å². The van der Waals surface area contributed by atoms with Gasteiger partial charge in [-0.1, -0.05) is 12.1 Å². The van der Waals surface area contributed by atoms with E-state index >= 15 is 0 Å². The number of carboxylic acids is 1. The Bertz CT molecular complexity index is 724. The van der Waals surface area contributed by atoms with Crippen molar-refractivity contribution in [2.24, 2.45) is 0 Å². The van der Waals surface area contributed by atoms with E-state index in [9.17, 15) is 22.8 Å². The summed E-state index contributed by atoms with van der Waals surface area (Å²) in [6.45, 7) is -0.0350. The maximum Gasteiger partial charge on any atom is 0.435 e. The molecule has 0 bridgehead atoms. The molecule has 1 aromatic carbocycles. The zero-order valence-electron chi connectivity index (χ0n) is 12.4. The number of amides is 1. The Morgan fingerprint density at radius 1 is 1.17 bits per heavy atom. The lowest BCUT2D eigenvalue weighted by atomic mass is 10.1. The summed E-state index contributed by atoms with van der Waals surface area (Å²) in [4.78, 5) is 22.4. The predicted molar refractivity (Wildman–Crippen MR) is 77.3 cm³/mol. The van der Waals surface area contributed by atoms with Crippen LogP contribution in [0.3, 0.4) is 0 Å². The molecule has 1 heterocycles. The molecule has 2 rings (SSSR count). The van der Waals surface area contributed by atoms with Gasteiger partial charge in [-0.3, -0.25) is 9.48 Å². The summed E-state index contributed by atoms with van der Waals surface area (Å²) in [6.07, 6.45) is -2.98. The Morgan fingerprint density at radius 2 is 1.83 bits per heavy atom. The molecule has 128 valence electrons. The minimum Gasteiger partial charge on any atom is -0.478 e. The van der Waals surface area contributed by atoms with E-state index in [2.05, 4.69) is 10.4 Å². The van der Waals surface area contributed by atoms with E-state index in [4.69, 9.17) is 5.11 Å². The van der Waals surface area contributed by atoms with Gasteiger partial charge in [0.25, 0.3) is 0 Å². The molecule has 0 aliphatic rings. The third-order valence-electron chi connectivity index (χ3n) is 3.17. The SMILES string of the molecule is O=C(Cn1ccc(C(F)(F)F)n1)NCCc1ccc(C(=O)O)cc1. The van der Waals surface area contributed by atoms with Crippen molar-refractivity contribution in [2.75, 3.05) is 6.54 Å². The van der Waals surface area contributed by atoms with Crippen LogP contribution in [0.5, 0.6) is 0 Å². The molecule has 2 aromatic rings. The van der Waals surface area contributed by atoms with Crippen LogP contribution in [0, 0.1) is 0 Å². The molecule has 0 saturated carbocycles. The molecule has 0 radical (unpaired) electrons. The van der Waals surface area contributed by atoms with Gasteiger partial charge >= 0.3 is 12.1 Å². The predicted octanol–water partition coefficient (Wildman–Crippen LogP) is 1.96. The van der Waals surface area contributed by atoms with Crippen LogP contribution >= 0.6 is 0 Å². The van der Waals surface area contributed by atoms with E-state index in [1.807, 2.05) is 0 Å². The quantitative estimate of drug-likeness (QED) is 0.841. The van der Waals surface area contributed by atoms with Crippen molar-refractivity contribution in [1.29, 1.82) is 0 Å². The molecular weight excluding hydrogens is 327 g/mol. The fraction of sp³-hybridized carbons (Fsp3) is 0.267. The average Bonchev–Trinajstić information content (AvgIpc) is 2.96. The maximum absolute atomic E-state index is 12.4. The van der Waals surface area contributed by atoms with Crippen LogP contribution in [0.1, 0.15) is 21.6 Å². The first-order valence-corrected chi connectivity index (χ1v) is 6.95. The number of nitrogens with one attached hydrogen (secondary N) is 1. The topological polar surface area (TPSA) is 84.2 Å².